The lowest BCUT2D eigenvalue weighted by Crippen LogP contribution is -2.57. The molecule has 0 aliphatic carbocycles. The highest BCUT2D eigenvalue weighted by Crippen LogP contribution is 2.26. The molecule has 0 fully saturated rings. The molecule has 1 heterocycles. The van der Waals surface area contributed by atoms with Crippen molar-refractivity contribution >= 4 is 47.4 Å². The Kier molecular flexibility index (Phi) is 31.2. The molecule has 428 valence electrons. The summed E-state index contributed by atoms with van der Waals surface area (Å²) in [6.07, 6.45) is 11.6. The van der Waals surface area contributed by atoms with Gasteiger partial charge in [0.15, 0.2) is 6.10 Å². The molecule has 18 heteroatoms. The number of carbonyl (C=O) groups excluding carboxylic acids is 8. The van der Waals surface area contributed by atoms with Gasteiger partial charge in [0.05, 0.1) is 12.6 Å². The molecule has 1 aliphatic heterocycles. The van der Waals surface area contributed by atoms with Crippen LogP contribution in [0.1, 0.15) is 158 Å². The summed E-state index contributed by atoms with van der Waals surface area (Å²) in [5.41, 5.74) is 1.53. The van der Waals surface area contributed by atoms with Crippen LogP contribution in [0.4, 0.5) is 0 Å². The van der Waals surface area contributed by atoms with Crippen molar-refractivity contribution in [2.45, 2.75) is 202 Å². The maximum atomic E-state index is 14.3. The number of unbranched alkanes of at least 4 members (excludes halogenated alkanes) is 9. The van der Waals surface area contributed by atoms with Gasteiger partial charge in [0.25, 0.3) is 5.91 Å². The lowest BCUT2D eigenvalue weighted by Gasteiger charge is -2.33. The standard InChI is InChI=1S/C58H94N6O12/c1-13-39(5)51-54(69)61-44(10)58(73)76-52(40(6)14-2)42(8)47(74-37-50(67)59-32-26-21-19-17-15-16-18-20-22-27-33-65)31-30-41(7)57(72)75-48(34-38(3)4)53(68)60-43(9)55(70)64(12)46(35-45-28-24-23-25-29-45)56(71)63(11)36-49(66)62-51/h14,23-25,28-30,38-39,42-44,46-48,51-52,65H,13,15-22,26-27,31-37H2,1-12H3,(H,59,67)(H,60,68)(H,61,69)(H,62,66)/b40-14+,41-30+/t39?,42-,43-,44+,46+,47-,48+,51-,52+/m0/s1. The van der Waals surface area contributed by atoms with Crippen molar-refractivity contribution in [3.8, 4) is 0 Å². The zero-order chi connectivity index (χ0) is 56.9. The fourth-order valence-corrected chi connectivity index (χ4v) is 8.87. The van der Waals surface area contributed by atoms with Crippen LogP contribution in [0.2, 0.25) is 0 Å². The average molecular weight is 1070 g/mol. The van der Waals surface area contributed by atoms with Crippen molar-refractivity contribution in [2.24, 2.45) is 17.8 Å². The van der Waals surface area contributed by atoms with Crippen LogP contribution in [-0.4, -0.2) is 145 Å². The molecular formula is C58H94N6O12. The summed E-state index contributed by atoms with van der Waals surface area (Å²) in [4.78, 5) is 114. The molecule has 18 nitrogen and oxygen atoms in total. The number of nitrogens with one attached hydrogen (secondary N) is 4. The molecule has 0 saturated heterocycles. The van der Waals surface area contributed by atoms with Gasteiger partial charge in [0.1, 0.15) is 36.9 Å². The van der Waals surface area contributed by atoms with Crippen molar-refractivity contribution in [3.05, 3.63) is 59.2 Å². The average Bonchev–Trinajstić information content (AvgIpc) is 3.39. The largest absolute Gasteiger partial charge is 0.456 e. The first-order valence-corrected chi connectivity index (χ1v) is 27.7. The van der Waals surface area contributed by atoms with Crippen LogP contribution in [-0.2, 0) is 59.0 Å². The molecule has 1 unspecified atom stereocenters. The number of amides is 6. The maximum absolute atomic E-state index is 14.3. The fourth-order valence-electron chi connectivity index (χ4n) is 8.87. The molecule has 76 heavy (non-hydrogen) atoms. The molecule has 0 radical (unpaired) electrons. The molecule has 1 aromatic rings. The van der Waals surface area contributed by atoms with E-state index in [1.807, 2.05) is 26.8 Å². The summed E-state index contributed by atoms with van der Waals surface area (Å²) in [6, 6.07) is 4.42. The third-order valence-electron chi connectivity index (χ3n) is 14.1. The van der Waals surface area contributed by atoms with Gasteiger partial charge in [0.2, 0.25) is 29.5 Å². The van der Waals surface area contributed by atoms with Crippen LogP contribution in [0.15, 0.2) is 53.6 Å². The summed E-state index contributed by atoms with van der Waals surface area (Å²) in [6.45, 7) is 17.1. The Bertz CT molecular complexity index is 2060. The number of nitrogens with zero attached hydrogens (tertiary/aromatic N) is 2. The first-order valence-electron chi connectivity index (χ1n) is 27.7. The van der Waals surface area contributed by atoms with E-state index >= 15 is 0 Å². The lowest BCUT2D eigenvalue weighted by atomic mass is 9.90. The van der Waals surface area contributed by atoms with Gasteiger partial charge in [-0.2, -0.15) is 0 Å². The zero-order valence-electron chi connectivity index (χ0n) is 47.9. The summed E-state index contributed by atoms with van der Waals surface area (Å²) in [5.74, 6) is -6.25. The molecular weight excluding hydrogens is 973 g/mol. The van der Waals surface area contributed by atoms with E-state index in [0.29, 0.717) is 18.5 Å². The first kappa shape index (κ1) is 66.5. The van der Waals surface area contributed by atoms with Gasteiger partial charge in [-0.3, -0.25) is 28.8 Å². The number of esters is 2. The number of carbonyl (C=O) groups is 8. The number of hydrogen-bond acceptors (Lipinski definition) is 12. The van der Waals surface area contributed by atoms with Crippen LogP contribution in [0.3, 0.4) is 0 Å². The highest BCUT2D eigenvalue weighted by Gasteiger charge is 2.37. The van der Waals surface area contributed by atoms with Crippen molar-refractivity contribution < 1.29 is 57.7 Å². The van der Waals surface area contributed by atoms with Crippen LogP contribution < -0.4 is 21.3 Å². The predicted octanol–water partition coefficient (Wildman–Crippen LogP) is 6.27. The topological polar surface area (TPSA) is 239 Å². The molecule has 6 amide bonds. The summed E-state index contributed by atoms with van der Waals surface area (Å²) >= 11 is 0. The Labute approximate surface area is 453 Å². The van der Waals surface area contributed by atoms with E-state index in [4.69, 9.17) is 19.3 Å². The SMILES string of the molecule is C/C=C(\C)[C@H]1OC(=O)[C@@H](C)NC(=O)[C@H](C(C)CC)NC(=O)CN(C)C(=O)[C@@H](Cc2ccccc2)N(C)C(=O)[C@H](C)NC(=O)[C@@H](CC(C)C)OC(=O)/C(C)=C/C[C@H](OCC(=O)NCCCCCCCCCCCCO)[C@@H]1C. The van der Waals surface area contributed by atoms with Gasteiger partial charge in [-0.1, -0.05) is 135 Å². The van der Waals surface area contributed by atoms with Crippen molar-refractivity contribution in [3.63, 3.8) is 0 Å². The van der Waals surface area contributed by atoms with Crippen LogP contribution in [0.25, 0.3) is 0 Å². The lowest BCUT2D eigenvalue weighted by molar-refractivity contribution is -0.156. The van der Waals surface area contributed by atoms with Gasteiger partial charge in [-0.05, 0) is 83.3 Å². The Hall–Kier alpha value is -5.62. The molecule has 1 aliphatic rings. The van der Waals surface area contributed by atoms with Gasteiger partial charge in [0, 0.05) is 45.2 Å². The van der Waals surface area contributed by atoms with Gasteiger partial charge in [-0.15, -0.1) is 0 Å². The van der Waals surface area contributed by atoms with Crippen LogP contribution >= 0.6 is 0 Å². The number of hydrogen-bond donors (Lipinski definition) is 5. The molecule has 0 saturated carbocycles. The maximum Gasteiger partial charge on any atom is 0.334 e. The summed E-state index contributed by atoms with van der Waals surface area (Å²) in [7, 11) is 2.86. The Morgan fingerprint density at radius 3 is 2.00 bits per heavy atom. The number of aliphatic hydroxyl groups is 1. The van der Waals surface area contributed by atoms with Gasteiger partial charge in [-0.25, -0.2) is 9.59 Å². The van der Waals surface area contributed by atoms with E-state index in [1.165, 1.54) is 57.5 Å². The van der Waals surface area contributed by atoms with Crippen LogP contribution in [0, 0.1) is 17.8 Å². The van der Waals surface area contributed by atoms with Crippen molar-refractivity contribution in [1.29, 1.82) is 0 Å². The van der Waals surface area contributed by atoms with E-state index in [1.54, 1.807) is 64.1 Å². The predicted molar refractivity (Wildman–Crippen MR) is 293 cm³/mol. The quantitative estimate of drug-likeness (QED) is 0.0491. The second kappa shape index (κ2) is 35.7. The third kappa shape index (κ3) is 23.7. The smallest absolute Gasteiger partial charge is 0.334 e. The van der Waals surface area contributed by atoms with E-state index < -0.39 is 102 Å². The zero-order valence-corrected chi connectivity index (χ0v) is 47.9. The Morgan fingerprint density at radius 1 is 0.829 bits per heavy atom. The van der Waals surface area contributed by atoms with E-state index in [-0.39, 0.29) is 49.9 Å². The number of likely N-dealkylation sites (N-methyl/N-ethyl adjacent to an activating group) is 2. The molecule has 5 N–H and O–H groups in total. The highest BCUT2D eigenvalue weighted by atomic mass is 16.6. The second-order valence-corrected chi connectivity index (χ2v) is 21.1. The van der Waals surface area contributed by atoms with E-state index in [0.717, 1.165) is 56.9 Å². The summed E-state index contributed by atoms with van der Waals surface area (Å²) < 4.78 is 18.3. The molecule has 0 bridgehead atoms. The van der Waals surface area contributed by atoms with Gasteiger partial charge >= 0.3 is 11.9 Å². The highest BCUT2D eigenvalue weighted by molar-refractivity contribution is 5.96. The monoisotopic (exact) mass is 1070 g/mol. The number of allylic oxidation sites excluding steroid dienone is 1. The number of ether oxygens (including phenoxy) is 3. The molecule has 2 rings (SSSR count). The number of cyclic esters (lactones) is 2. The number of benzene rings is 1. The molecule has 0 spiro atoms. The number of rotatable bonds is 22. The Morgan fingerprint density at radius 2 is 1.42 bits per heavy atom. The summed E-state index contributed by atoms with van der Waals surface area (Å²) in [5, 5.41) is 20.1. The minimum Gasteiger partial charge on any atom is -0.456 e. The van der Waals surface area contributed by atoms with Crippen molar-refractivity contribution in [1.82, 2.24) is 31.1 Å². The van der Waals surface area contributed by atoms with E-state index in [2.05, 4.69) is 21.3 Å². The van der Waals surface area contributed by atoms with Crippen LogP contribution in [0.5, 0.6) is 0 Å². The van der Waals surface area contributed by atoms with E-state index in [9.17, 15) is 38.4 Å². The van der Waals surface area contributed by atoms with Gasteiger partial charge < -0.3 is 50.4 Å². The fraction of sp³-hybridized carbons (Fsp3) is 0.690. The second-order valence-electron chi connectivity index (χ2n) is 21.1. The minimum absolute atomic E-state index is 0.0569. The third-order valence-corrected chi connectivity index (χ3v) is 14.1. The normalized spacial score (nSPS) is 24.9. The molecule has 9 atom stereocenters. The minimum atomic E-state index is -1.30. The first-order chi connectivity index (χ1) is 36.1. The Balaban J connectivity index is 2.53. The molecule has 1 aromatic carbocycles. The molecule has 0 aromatic heterocycles. The number of aliphatic hydroxyl groups excluding tert-OH is 1. The van der Waals surface area contributed by atoms with Crippen molar-refractivity contribution in [2.75, 3.05) is 40.4 Å².